The number of carboxylic acids is 1. The maximum atomic E-state index is 14.0. The topological polar surface area (TPSA) is 87.2 Å². The lowest BCUT2D eigenvalue weighted by molar-refractivity contribution is -0.143. The van der Waals surface area contributed by atoms with Crippen LogP contribution in [0.4, 0.5) is 4.39 Å². The Kier molecular flexibility index (Phi) is 5.26. The minimum atomic E-state index is -1.14. The summed E-state index contributed by atoms with van der Waals surface area (Å²) in [5.74, 6) is -2.58. The van der Waals surface area contributed by atoms with Crippen LogP contribution in [0.1, 0.15) is 33.6 Å². The largest absolute Gasteiger partial charge is 0.480 e. The third-order valence-electron chi connectivity index (χ3n) is 5.72. The van der Waals surface area contributed by atoms with Crippen LogP contribution < -0.4 is 0 Å². The van der Waals surface area contributed by atoms with Gasteiger partial charge < -0.3 is 14.7 Å². The zero-order valence-corrected chi connectivity index (χ0v) is 16.2. The van der Waals surface area contributed by atoms with E-state index >= 15 is 0 Å². The Hall–Kier alpha value is -3.26. The summed E-state index contributed by atoms with van der Waals surface area (Å²) in [7, 11) is 0. The second kappa shape index (κ2) is 7.87. The van der Waals surface area contributed by atoms with Crippen molar-refractivity contribution in [3.05, 3.63) is 71.5 Å². The first-order valence-electron chi connectivity index (χ1n) is 9.72. The van der Waals surface area contributed by atoms with Crippen LogP contribution in [0.3, 0.4) is 0 Å². The highest BCUT2D eigenvalue weighted by atomic mass is 19.1. The molecule has 7 nitrogen and oxygen atoms in total. The number of carbonyl (C=O) groups excluding carboxylic acids is 2. The minimum Gasteiger partial charge on any atom is -0.480 e. The highest BCUT2D eigenvalue weighted by Gasteiger charge is 2.54. The molecular weight excluding hydrogens is 391 g/mol. The van der Waals surface area contributed by atoms with Gasteiger partial charge in [-0.1, -0.05) is 30.3 Å². The lowest BCUT2D eigenvalue weighted by Gasteiger charge is -2.44. The van der Waals surface area contributed by atoms with Crippen molar-refractivity contribution in [3.8, 4) is 0 Å². The van der Waals surface area contributed by atoms with Gasteiger partial charge in [0.15, 0.2) is 6.04 Å². The Morgan fingerprint density at radius 2 is 1.60 bits per heavy atom. The van der Waals surface area contributed by atoms with Crippen molar-refractivity contribution >= 4 is 17.8 Å². The van der Waals surface area contributed by atoms with Gasteiger partial charge >= 0.3 is 5.97 Å². The van der Waals surface area contributed by atoms with Gasteiger partial charge in [0.2, 0.25) is 0 Å². The van der Waals surface area contributed by atoms with Crippen molar-refractivity contribution in [2.45, 2.75) is 24.6 Å². The van der Waals surface area contributed by atoms with Crippen LogP contribution in [0.25, 0.3) is 0 Å². The van der Waals surface area contributed by atoms with E-state index < -0.39 is 35.4 Å². The van der Waals surface area contributed by atoms with Gasteiger partial charge in [0, 0.05) is 31.5 Å². The first-order chi connectivity index (χ1) is 14.4. The van der Waals surface area contributed by atoms with Gasteiger partial charge in [0.05, 0.1) is 12.2 Å². The lowest BCUT2D eigenvalue weighted by atomic mass is 9.96. The number of carboxylic acid groups (broad SMARTS) is 1. The first kappa shape index (κ1) is 20.0. The predicted octanol–water partition coefficient (Wildman–Crippen LogP) is 2.38. The zero-order chi connectivity index (χ0) is 21.3. The van der Waals surface area contributed by atoms with Crippen molar-refractivity contribution in [2.75, 3.05) is 19.7 Å². The smallest absolute Gasteiger partial charge is 0.328 e. The molecule has 2 aliphatic heterocycles. The second-order valence-corrected chi connectivity index (χ2v) is 7.42. The molecule has 1 N–H and O–H groups in total. The Morgan fingerprint density at radius 3 is 2.23 bits per heavy atom. The van der Waals surface area contributed by atoms with E-state index in [-0.39, 0.29) is 38.1 Å². The van der Waals surface area contributed by atoms with Crippen molar-refractivity contribution in [3.63, 3.8) is 0 Å². The zero-order valence-electron chi connectivity index (χ0n) is 16.2. The predicted molar refractivity (Wildman–Crippen MR) is 104 cm³/mol. The standard InChI is InChI=1S/C22H21FN2O5/c23-17-9-5-4-8-16(17)20(27)24-12-10-22(11-13-24)25(18(14-30-22)21(28)29)19(26)15-6-2-1-3-7-15/h1-9,18H,10-14H2,(H,28,29). The van der Waals surface area contributed by atoms with Gasteiger partial charge in [-0.25, -0.2) is 9.18 Å². The fourth-order valence-electron chi connectivity index (χ4n) is 4.14. The molecule has 0 bridgehead atoms. The lowest BCUT2D eigenvalue weighted by Crippen LogP contribution is -2.58. The average molecular weight is 412 g/mol. The van der Waals surface area contributed by atoms with Crippen LogP contribution in [-0.2, 0) is 9.53 Å². The summed E-state index contributed by atoms with van der Waals surface area (Å²) in [6.07, 6.45) is 0.491. The number of rotatable bonds is 3. The van der Waals surface area contributed by atoms with E-state index in [4.69, 9.17) is 4.74 Å². The fraction of sp³-hybridized carbons (Fsp3) is 0.318. The molecule has 0 aliphatic carbocycles. The summed E-state index contributed by atoms with van der Waals surface area (Å²) >= 11 is 0. The number of likely N-dealkylation sites (tertiary alicyclic amines) is 1. The molecule has 8 heteroatoms. The number of halogens is 1. The van der Waals surface area contributed by atoms with Crippen LogP contribution in [0.5, 0.6) is 0 Å². The fourth-order valence-corrected chi connectivity index (χ4v) is 4.14. The normalized spacial score (nSPS) is 20.4. The van der Waals surface area contributed by atoms with Crippen molar-refractivity contribution in [1.82, 2.24) is 9.80 Å². The number of piperidine rings is 1. The van der Waals surface area contributed by atoms with Gasteiger partial charge in [0.25, 0.3) is 11.8 Å². The van der Waals surface area contributed by atoms with Gasteiger partial charge in [-0.3, -0.25) is 14.5 Å². The highest BCUT2D eigenvalue weighted by molar-refractivity contribution is 5.97. The van der Waals surface area contributed by atoms with E-state index in [1.54, 1.807) is 36.4 Å². The van der Waals surface area contributed by atoms with Crippen molar-refractivity contribution in [2.24, 2.45) is 0 Å². The van der Waals surface area contributed by atoms with E-state index in [2.05, 4.69) is 0 Å². The number of ether oxygens (including phenoxy) is 1. The highest BCUT2D eigenvalue weighted by Crippen LogP contribution is 2.38. The molecule has 0 saturated carbocycles. The molecule has 2 aromatic rings. The van der Waals surface area contributed by atoms with Gasteiger partial charge in [-0.15, -0.1) is 0 Å². The molecule has 0 aromatic heterocycles. The maximum Gasteiger partial charge on any atom is 0.328 e. The molecule has 1 unspecified atom stereocenters. The Balaban J connectivity index is 1.56. The molecule has 2 aliphatic rings. The number of benzene rings is 2. The van der Waals surface area contributed by atoms with Crippen LogP contribution >= 0.6 is 0 Å². The Morgan fingerprint density at radius 1 is 0.967 bits per heavy atom. The number of hydrogen-bond donors (Lipinski definition) is 1. The van der Waals surface area contributed by atoms with Crippen LogP contribution in [0.15, 0.2) is 54.6 Å². The molecule has 2 saturated heterocycles. The van der Waals surface area contributed by atoms with E-state index in [0.29, 0.717) is 5.56 Å². The molecule has 4 rings (SSSR count). The molecule has 1 atom stereocenters. The number of carbonyl (C=O) groups is 3. The number of hydrogen-bond acceptors (Lipinski definition) is 4. The molecule has 2 aromatic carbocycles. The molecular formula is C22H21FN2O5. The number of nitrogens with zero attached hydrogens (tertiary/aromatic N) is 2. The third-order valence-corrected chi connectivity index (χ3v) is 5.72. The average Bonchev–Trinajstić information content (AvgIpc) is 3.13. The maximum absolute atomic E-state index is 14.0. The summed E-state index contributed by atoms with van der Waals surface area (Å²) in [5.41, 5.74) is -0.748. The van der Waals surface area contributed by atoms with E-state index in [1.165, 1.54) is 28.0 Å². The van der Waals surface area contributed by atoms with Gasteiger partial charge in [-0.2, -0.15) is 0 Å². The molecule has 2 amide bonds. The quantitative estimate of drug-likeness (QED) is 0.837. The van der Waals surface area contributed by atoms with Gasteiger partial charge in [0.1, 0.15) is 11.5 Å². The van der Waals surface area contributed by atoms with Crippen LogP contribution in [0, 0.1) is 5.82 Å². The number of aliphatic carboxylic acids is 1. The van der Waals surface area contributed by atoms with Crippen LogP contribution in [-0.4, -0.2) is 64.2 Å². The second-order valence-electron chi connectivity index (χ2n) is 7.42. The van der Waals surface area contributed by atoms with E-state index in [0.717, 1.165) is 0 Å². The summed E-state index contributed by atoms with van der Waals surface area (Å²) < 4.78 is 19.9. The summed E-state index contributed by atoms with van der Waals surface area (Å²) in [6.45, 7) is 0.325. The monoisotopic (exact) mass is 412 g/mol. The molecule has 0 radical (unpaired) electrons. The summed E-state index contributed by atoms with van der Waals surface area (Å²) in [4.78, 5) is 40.5. The molecule has 30 heavy (non-hydrogen) atoms. The Labute approximate surface area is 172 Å². The third kappa shape index (κ3) is 3.43. The molecule has 1 spiro atoms. The minimum absolute atomic E-state index is 0.0126. The Bertz CT molecular complexity index is 973. The first-order valence-corrected chi connectivity index (χ1v) is 9.72. The van der Waals surface area contributed by atoms with Crippen molar-refractivity contribution in [1.29, 1.82) is 0 Å². The van der Waals surface area contributed by atoms with Gasteiger partial charge in [-0.05, 0) is 24.3 Å². The summed E-state index contributed by atoms with van der Waals surface area (Å²) in [6, 6.07) is 13.1. The van der Waals surface area contributed by atoms with Crippen molar-refractivity contribution < 1.29 is 28.6 Å². The summed E-state index contributed by atoms with van der Waals surface area (Å²) in [5, 5.41) is 9.63. The SMILES string of the molecule is O=C(O)C1COC2(CCN(C(=O)c3ccccc3F)CC2)N1C(=O)c1ccccc1. The van der Waals surface area contributed by atoms with E-state index in [1.807, 2.05) is 0 Å². The number of amides is 2. The van der Waals surface area contributed by atoms with Crippen LogP contribution in [0.2, 0.25) is 0 Å². The molecule has 2 fully saturated rings. The molecule has 156 valence electrons. The molecule has 2 heterocycles. The van der Waals surface area contributed by atoms with E-state index in [9.17, 15) is 23.9 Å².